The summed E-state index contributed by atoms with van der Waals surface area (Å²) in [5, 5.41) is 23.8. The molecule has 0 saturated heterocycles. The third kappa shape index (κ3) is 4.14. The number of aromatic nitrogens is 2. The molecule has 8 aromatic rings. The van der Waals surface area contributed by atoms with E-state index in [0.717, 1.165) is 68.3 Å². The minimum Gasteiger partial charge on any atom is -0.310 e. The largest absolute Gasteiger partial charge is 0.310 e. The van der Waals surface area contributed by atoms with Crippen LogP contribution in [0.1, 0.15) is 28.8 Å². The Bertz CT molecular complexity index is 2700. The van der Waals surface area contributed by atoms with Crippen LogP contribution in [0.5, 0.6) is 0 Å². The second kappa shape index (κ2) is 11.0. The summed E-state index contributed by atoms with van der Waals surface area (Å²) in [7, 11) is 0. The van der Waals surface area contributed by atoms with Crippen molar-refractivity contribution >= 4 is 38.8 Å². The maximum Gasteiger partial charge on any atom is 0.100 e. The number of hydrogen-bond acceptors (Lipinski definition) is 2. The third-order valence-electron chi connectivity index (χ3n) is 9.69. The van der Waals surface area contributed by atoms with Crippen LogP contribution in [-0.4, -0.2) is 9.13 Å². The number of allylic oxidation sites excluding steroid dienone is 1. The third-order valence-corrected chi connectivity index (χ3v) is 9.69. The summed E-state index contributed by atoms with van der Waals surface area (Å²) in [4.78, 5) is 0. The van der Waals surface area contributed by atoms with Crippen molar-refractivity contribution in [3.63, 3.8) is 0 Å². The van der Waals surface area contributed by atoms with E-state index in [0.29, 0.717) is 11.1 Å². The Labute approximate surface area is 278 Å². The molecule has 0 fully saturated rings. The molecule has 0 unspecified atom stereocenters. The Morgan fingerprint density at radius 1 is 0.542 bits per heavy atom. The highest BCUT2D eigenvalue weighted by molar-refractivity contribution is 6.10. The Morgan fingerprint density at radius 3 is 2.10 bits per heavy atom. The SMILES string of the molecule is N#Cc1ccc2c(c1)c1ccccc1n2-c1ccccc1-c1cccc(-c2cccc(-n3c4c(c5ccccc53)CCC=C4)c2)c1C#N. The number of benzene rings is 6. The van der Waals surface area contributed by atoms with E-state index < -0.39 is 0 Å². The van der Waals surface area contributed by atoms with Gasteiger partial charge in [0, 0.05) is 44.2 Å². The van der Waals surface area contributed by atoms with Crippen LogP contribution in [0.4, 0.5) is 0 Å². The monoisotopic (exact) mass is 612 g/mol. The molecular weight excluding hydrogens is 585 g/mol. The molecule has 1 aliphatic rings. The normalized spacial score (nSPS) is 12.3. The Morgan fingerprint density at radius 2 is 1.25 bits per heavy atom. The van der Waals surface area contributed by atoms with Gasteiger partial charge in [0.05, 0.1) is 39.4 Å². The second-order valence-electron chi connectivity index (χ2n) is 12.3. The lowest BCUT2D eigenvalue weighted by atomic mass is 9.91. The average molecular weight is 613 g/mol. The van der Waals surface area contributed by atoms with Crippen LogP contribution in [0, 0.1) is 22.7 Å². The van der Waals surface area contributed by atoms with Crippen LogP contribution < -0.4 is 0 Å². The van der Waals surface area contributed by atoms with Gasteiger partial charge in [0.2, 0.25) is 0 Å². The van der Waals surface area contributed by atoms with Crippen molar-refractivity contribution in [2.75, 3.05) is 0 Å². The van der Waals surface area contributed by atoms with E-state index in [-0.39, 0.29) is 0 Å². The molecular formula is C44H28N4. The standard InChI is InChI=1S/C44H28N4/c45-27-29-23-24-44-38(25-29)37-16-4-8-22-43(37)48(44)42-21-7-1-13-34(42)33-18-10-17-32(39(33)28-46)30-11-9-12-31(26-30)47-40-19-5-2-14-35(40)36-15-3-6-20-41(36)47/h1-2,4-14,16-26H,3,15H2. The van der Waals surface area contributed by atoms with Gasteiger partial charge in [-0.3, -0.25) is 0 Å². The molecule has 0 spiro atoms. The van der Waals surface area contributed by atoms with E-state index in [9.17, 15) is 10.5 Å². The molecule has 9 rings (SSSR count). The maximum atomic E-state index is 10.8. The predicted octanol–water partition coefficient (Wildman–Crippen LogP) is 10.8. The fourth-order valence-corrected chi connectivity index (χ4v) is 7.61. The van der Waals surface area contributed by atoms with Crippen LogP contribution in [0.2, 0.25) is 0 Å². The Hall–Kier alpha value is -6.62. The molecule has 4 heteroatoms. The molecule has 0 saturated carbocycles. The van der Waals surface area contributed by atoms with Crippen LogP contribution in [-0.2, 0) is 6.42 Å². The molecule has 48 heavy (non-hydrogen) atoms. The van der Waals surface area contributed by atoms with Crippen molar-refractivity contribution in [2.45, 2.75) is 12.8 Å². The summed E-state index contributed by atoms with van der Waals surface area (Å²) in [5.74, 6) is 0. The van der Waals surface area contributed by atoms with E-state index >= 15 is 0 Å². The van der Waals surface area contributed by atoms with Crippen LogP contribution in [0.15, 0.2) is 140 Å². The molecule has 0 radical (unpaired) electrons. The number of aryl methyl sites for hydroxylation is 1. The van der Waals surface area contributed by atoms with Crippen LogP contribution >= 0.6 is 0 Å². The van der Waals surface area contributed by atoms with Gasteiger partial charge in [0.15, 0.2) is 0 Å². The molecule has 1 aliphatic carbocycles. The second-order valence-corrected chi connectivity index (χ2v) is 12.3. The first-order chi connectivity index (χ1) is 23.7. The molecule has 4 nitrogen and oxygen atoms in total. The van der Waals surface area contributed by atoms with Crippen LogP contribution in [0.3, 0.4) is 0 Å². The first kappa shape index (κ1) is 27.7. The summed E-state index contributed by atoms with van der Waals surface area (Å²) in [6.45, 7) is 0. The predicted molar refractivity (Wildman–Crippen MR) is 195 cm³/mol. The highest BCUT2D eigenvalue weighted by Crippen LogP contribution is 2.40. The van der Waals surface area contributed by atoms with Gasteiger partial charge in [-0.05, 0) is 78.6 Å². The quantitative estimate of drug-likeness (QED) is 0.199. The van der Waals surface area contributed by atoms with Gasteiger partial charge in [-0.15, -0.1) is 0 Å². The van der Waals surface area contributed by atoms with Gasteiger partial charge in [-0.25, -0.2) is 0 Å². The number of fused-ring (bicyclic) bond motifs is 6. The van der Waals surface area contributed by atoms with Gasteiger partial charge in [-0.2, -0.15) is 10.5 Å². The molecule has 0 aliphatic heterocycles. The smallest absolute Gasteiger partial charge is 0.100 e. The van der Waals surface area contributed by atoms with Crippen LogP contribution in [0.25, 0.3) is 72.4 Å². The first-order valence-electron chi connectivity index (χ1n) is 16.2. The topological polar surface area (TPSA) is 57.4 Å². The summed E-state index contributed by atoms with van der Waals surface area (Å²) in [5.41, 5.74) is 12.9. The van der Waals surface area contributed by atoms with Gasteiger partial charge >= 0.3 is 0 Å². The van der Waals surface area contributed by atoms with Gasteiger partial charge in [0.1, 0.15) is 6.07 Å². The Balaban J connectivity index is 1.24. The van der Waals surface area contributed by atoms with Gasteiger partial charge < -0.3 is 9.13 Å². The lowest BCUT2D eigenvalue weighted by molar-refractivity contribution is 0.968. The minimum atomic E-state index is 0.629. The van der Waals surface area contributed by atoms with Crippen molar-refractivity contribution in [1.29, 1.82) is 10.5 Å². The average Bonchev–Trinajstić information content (AvgIpc) is 3.67. The zero-order chi connectivity index (χ0) is 32.2. The lowest BCUT2D eigenvalue weighted by Crippen LogP contribution is -2.01. The van der Waals surface area contributed by atoms with Gasteiger partial charge in [0.25, 0.3) is 0 Å². The van der Waals surface area contributed by atoms with Crippen molar-refractivity contribution in [3.8, 4) is 45.8 Å². The minimum absolute atomic E-state index is 0.629. The number of rotatable bonds is 4. The zero-order valence-corrected chi connectivity index (χ0v) is 26.1. The number of hydrogen-bond donors (Lipinski definition) is 0. The van der Waals surface area contributed by atoms with Crippen molar-refractivity contribution in [1.82, 2.24) is 9.13 Å². The van der Waals surface area contributed by atoms with E-state index in [1.807, 2.05) is 48.5 Å². The molecule has 2 aromatic heterocycles. The highest BCUT2D eigenvalue weighted by Gasteiger charge is 2.21. The molecule has 0 atom stereocenters. The molecule has 0 N–H and O–H groups in total. The number of para-hydroxylation sites is 3. The number of nitrogens with zero attached hydrogens (tertiary/aromatic N) is 4. The summed E-state index contributed by atoms with van der Waals surface area (Å²) >= 11 is 0. The van der Waals surface area contributed by atoms with E-state index in [2.05, 4.69) is 118 Å². The fraction of sp³-hybridized carbons (Fsp3) is 0.0455. The summed E-state index contributed by atoms with van der Waals surface area (Å²) in [6.07, 6.45) is 6.59. The van der Waals surface area contributed by atoms with Crippen molar-refractivity contribution in [2.24, 2.45) is 0 Å². The highest BCUT2D eigenvalue weighted by atomic mass is 15.0. The summed E-state index contributed by atoms with van der Waals surface area (Å²) in [6, 6.07) is 50.7. The Kier molecular flexibility index (Phi) is 6.35. The van der Waals surface area contributed by atoms with E-state index in [4.69, 9.17) is 0 Å². The molecule has 2 heterocycles. The zero-order valence-electron chi connectivity index (χ0n) is 26.1. The van der Waals surface area contributed by atoms with Gasteiger partial charge in [-0.1, -0.05) is 91.0 Å². The van der Waals surface area contributed by atoms with Crippen molar-refractivity contribution < 1.29 is 0 Å². The maximum absolute atomic E-state index is 10.8. The van der Waals surface area contributed by atoms with Crippen molar-refractivity contribution in [3.05, 3.63) is 162 Å². The summed E-state index contributed by atoms with van der Waals surface area (Å²) < 4.78 is 4.61. The molecule has 0 amide bonds. The fourth-order valence-electron chi connectivity index (χ4n) is 7.61. The van der Waals surface area contributed by atoms with E-state index in [1.54, 1.807) is 0 Å². The number of nitriles is 2. The lowest BCUT2D eigenvalue weighted by Gasteiger charge is -2.17. The molecule has 0 bridgehead atoms. The molecule has 6 aromatic carbocycles. The first-order valence-corrected chi connectivity index (χ1v) is 16.2. The molecule has 224 valence electrons. The van der Waals surface area contributed by atoms with E-state index in [1.165, 1.54) is 22.2 Å².